The van der Waals surface area contributed by atoms with Gasteiger partial charge >= 0.3 is 0 Å². The first kappa shape index (κ1) is 15.4. The number of aromatic nitrogens is 2. The SMILES string of the molecule is Cc1cnccc1OC1CCN(C(=O)c2ccc(F)cn2)CC1. The minimum absolute atomic E-state index is 0.0846. The lowest BCUT2D eigenvalue weighted by Gasteiger charge is -2.32. The van der Waals surface area contributed by atoms with Gasteiger partial charge in [-0.15, -0.1) is 0 Å². The summed E-state index contributed by atoms with van der Waals surface area (Å²) in [5, 5.41) is 0. The maximum Gasteiger partial charge on any atom is 0.272 e. The molecule has 1 saturated heterocycles. The van der Waals surface area contributed by atoms with Crippen LogP contribution in [0.4, 0.5) is 4.39 Å². The van der Waals surface area contributed by atoms with Crippen molar-refractivity contribution in [1.82, 2.24) is 14.9 Å². The average molecular weight is 315 g/mol. The minimum atomic E-state index is -0.443. The molecule has 1 amide bonds. The third-order valence-electron chi connectivity index (χ3n) is 3.94. The maximum absolute atomic E-state index is 12.9. The molecule has 0 radical (unpaired) electrons. The summed E-state index contributed by atoms with van der Waals surface area (Å²) >= 11 is 0. The van der Waals surface area contributed by atoms with Gasteiger partial charge in [0.1, 0.15) is 23.4 Å². The number of nitrogens with zero attached hydrogens (tertiary/aromatic N) is 3. The van der Waals surface area contributed by atoms with Crippen LogP contribution in [0.5, 0.6) is 5.75 Å². The standard InChI is InChI=1S/C17H18FN3O2/c1-12-10-19-7-4-16(12)23-14-5-8-21(9-6-14)17(22)15-3-2-13(18)11-20-15/h2-4,7,10-11,14H,5-6,8-9H2,1H3. The highest BCUT2D eigenvalue weighted by Gasteiger charge is 2.25. The van der Waals surface area contributed by atoms with Crippen LogP contribution in [-0.4, -0.2) is 40.0 Å². The Bertz CT molecular complexity index is 682. The Hall–Kier alpha value is -2.50. The molecule has 0 aliphatic carbocycles. The summed E-state index contributed by atoms with van der Waals surface area (Å²) in [5.74, 6) is 0.231. The van der Waals surface area contributed by atoms with Gasteiger partial charge in [0.05, 0.1) is 6.20 Å². The number of amides is 1. The monoisotopic (exact) mass is 315 g/mol. The van der Waals surface area contributed by atoms with Gasteiger partial charge in [0.15, 0.2) is 0 Å². The molecule has 120 valence electrons. The van der Waals surface area contributed by atoms with Crippen LogP contribution in [0.2, 0.25) is 0 Å². The molecule has 2 aromatic heterocycles. The number of rotatable bonds is 3. The van der Waals surface area contributed by atoms with Crippen molar-refractivity contribution in [2.24, 2.45) is 0 Å². The zero-order valence-electron chi connectivity index (χ0n) is 12.9. The molecule has 1 fully saturated rings. The van der Waals surface area contributed by atoms with Crippen LogP contribution in [0.25, 0.3) is 0 Å². The van der Waals surface area contributed by atoms with Crippen molar-refractivity contribution in [2.75, 3.05) is 13.1 Å². The van der Waals surface area contributed by atoms with Crippen LogP contribution < -0.4 is 4.74 Å². The summed E-state index contributed by atoms with van der Waals surface area (Å²) in [6.45, 7) is 3.17. The van der Waals surface area contributed by atoms with E-state index in [-0.39, 0.29) is 17.7 Å². The fourth-order valence-electron chi connectivity index (χ4n) is 2.61. The lowest BCUT2D eigenvalue weighted by molar-refractivity contribution is 0.0588. The number of pyridine rings is 2. The first-order valence-corrected chi connectivity index (χ1v) is 7.61. The van der Waals surface area contributed by atoms with E-state index in [4.69, 9.17) is 4.74 Å². The molecule has 6 heteroatoms. The lowest BCUT2D eigenvalue weighted by Crippen LogP contribution is -2.42. The topological polar surface area (TPSA) is 55.3 Å². The van der Waals surface area contributed by atoms with Crippen molar-refractivity contribution >= 4 is 5.91 Å². The van der Waals surface area contributed by atoms with E-state index in [2.05, 4.69) is 9.97 Å². The van der Waals surface area contributed by atoms with Gasteiger partial charge in [-0.05, 0) is 25.1 Å². The predicted molar refractivity (Wildman–Crippen MR) is 82.7 cm³/mol. The van der Waals surface area contributed by atoms with Gasteiger partial charge in [0.2, 0.25) is 0 Å². The van der Waals surface area contributed by atoms with Crippen LogP contribution in [0.15, 0.2) is 36.8 Å². The maximum atomic E-state index is 12.9. The Kier molecular flexibility index (Phi) is 4.50. The molecular formula is C17H18FN3O2. The van der Waals surface area contributed by atoms with Crippen LogP contribution in [0, 0.1) is 12.7 Å². The molecule has 0 unspecified atom stereocenters. The fraction of sp³-hybridized carbons (Fsp3) is 0.353. The van der Waals surface area contributed by atoms with E-state index in [0.29, 0.717) is 13.1 Å². The quantitative estimate of drug-likeness (QED) is 0.873. The summed E-state index contributed by atoms with van der Waals surface area (Å²) in [7, 11) is 0. The van der Waals surface area contributed by atoms with E-state index >= 15 is 0 Å². The van der Waals surface area contributed by atoms with Crippen molar-refractivity contribution in [3.63, 3.8) is 0 Å². The largest absolute Gasteiger partial charge is 0.490 e. The third-order valence-corrected chi connectivity index (χ3v) is 3.94. The molecule has 3 heterocycles. The third kappa shape index (κ3) is 3.64. The Morgan fingerprint density at radius 3 is 2.70 bits per heavy atom. The Balaban J connectivity index is 1.57. The first-order valence-electron chi connectivity index (χ1n) is 7.61. The van der Waals surface area contributed by atoms with Gasteiger partial charge in [-0.2, -0.15) is 0 Å². The highest BCUT2D eigenvalue weighted by molar-refractivity contribution is 5.92. The number of ether oxygens (including phenoxy) is 1. The van der Waals surface area contributed by atoms with Gasteiger partial charge in [-0.3, -0.25) is 9.78 Å². The number of carbonyl (C=O) groups is 1. The molecular weight excluding hydrogens is 297 g/mol. The molecule has 0 bridgehead atoms. The highest BCUT2D eigenvalue weighted by Crippen LogP contribution is 2.22. The Labute approximate surface area is 134 Å². The predicted octanol–water partition coefficient (Wildman–Crippen LogP) is 2.61. The zero-order chi connectivity index (χ0) is 16.2. The van der Waals surface area contributed by atoms with Gasteiger partial charge in [0.25, 0.3) is 5.91 Å². The summed E-state index contributed by atoms with van der Waals surface area (Å²) < 4.78 is 18.9. The smallest absolute Gasteiger partial charge is 0.272 e. The van der Waals surface area contributed by atoms with Crippen molar-refractivity contribution in [1.29, 1.82) is 0 Å². The molecule has 1 aliphatic heterocycles. The minimum Gasteiger partial charge on any atom is -0.490 e. The Morgan fingerprint density at radius 1 is 1.26 bits per heavy atom. The van der Waals surface area contributed by atoms with Gasteiger partial charge in [-0.25, -0.2) is 9.37 Å². The van der Waals surface area contributed by atoms with Crippen molar-refractivity contribution in [2.45, 2.75) is 25.9 Å². The molecule has 0 atom stereocenters. The lowest BCUT2D eigenvalue weighted by atomic mass is 10.1. The van der Waals surface area contributed by atoms with E-state index in [1.165, 1.54) is 12.1 Å². The normalized spacial score (nSPS) is 15.5. The molecule has 3 rings (SSSR count). The molecule has 0 aromatic carbocycles. The van der Waals surface area contributed by atoms with Crippen LogP contribution in [-0.2, 0) is 0 Å². The van der Waals surface area contributed by atoms with E-state index in [1.54, 1.807) is 17.3 Å². The van der Waals surface area contributed by atoms with Crippen LogP contribution in [0.1, 0.15) is 28.9 Å². The van der Waals surface area contributed by atoms with Crippen molar-refractivity contribution in [3.05, 3.63) is 53.9 Å². The zero-order valence-corrected chi connectivity index (χ0v) is 12.9. The molecule has 5 nitrogen and oxygen atoms in total. The van der Waals surface area contributed by atoms with E-state index < -0.39 is 5.82 Å². The molecule has 1 aliphatic rings. The number of hydrogen-bond acceptors (Lipinski definition) is 4. The average Bonchev–Trinajstić information content (AvgIpc) is 2.58. The van der Waals surface area contributed by atoms with E-state index in [1.807, 2.05) is 13.0 Å². The van der Waals surface area contributed by atoms with Crippen molar-refractivity contribution < 1.29 is 13.9 Å². The number of carbonyl (C=O) groups excluding carboxylic acids is 1. The molecule has 2 aromatic rings. The second kappa shape index (κ2) is 6.73. The number of halogens is 1. The van der Waals surface area contributed by atoms with Crippen LogP contribution in [0.3, 0.4) is 0 Å². The second-order valence-corrected chi connectivity index (χ2v) is 5.61. The molecule has 0 spiro atoms. The number of likely N-dealkylation sites (tertiary alicyclic amines) is 1. The molecule has 0 N–H and O–H groups in total. The Morgan fingerprint density at radius 2 is 2.04 bits per heavy atom. The van der Waals surface area contributed by atoms with Gasteiger partial charge in [-0.1, -0.05) is 0 Å². The fourth-order valence-corrected chi connectivity index (χ4v) is 2.61. The van der Waals surface area contributed by atoms with Gasteiger partial charge in [0, 0.05) is 43.9 Å². The summed E-state index contributed by atoms with van der Waals surface area (Å²) in [6, 6.07) is 4.53. The van der Waals surface area contributed by atoms with Crippen molar-refractivity contribution in [3.8, 4) is 5.75 Å². The summed E-state index contributed by atoms with van der Waals surface area (Å²) in [5.41, 5.74) is 1.28. The van der Waals surface area contributed by atoms with E-state index in [0.717, 1.165) is 30.4 Å². The van der Waals surface area contributed by atoms with Gasteiger partial charge < -0.3 is 9.64 Å². The number of hydrogen-bond donors (Lipinski definition) is 0. The second-order valence-electron chi connectivity index (χ2n) is 5.61. The summed E-state index contributed by atoms with van der Waals surface area (Å²) in [4.78, 5) is 22.0. The molecule has 0 saturated carbocycles. The molecule has 23 heavy (non-hydrogen) atoms. The number of piperidine rings is 1. The van der Waals surface area contributed by atoms with E-state index in [9.17, 15) is 9.18 Å². The summed E-state index contributed by atoms with van der Waals surface area (Å²) in [6.07, 6.45) is 6.15. The first-order chi connectivity index (χ1) is 11.1. The number of aryl methyl sites for hydroxylation is 1. The highest BCUT2D eigenvalue weighted by atomic mass is 19.1. The van der Waals surface area contributed by atoms with Crippen LogP contribution >= 0.6 is 0 Å².